The molecule has 1 aliphatic rings. The second-order valence-electron chi connectivity index (χ2n) is 5.82. The molecule has 0 amide bonds. The lowest BCUT2D eigenvalue weighted by atomic mass is 10.2. The number of aromatic nitrogens is 2. The van der Waals surface area contributed by atoms with Gasteiger partial charge >= 0.3 is 5.69 Å². The van der Waals surface area contributed by atoms with Gasteiger partial charge in [0.15, 0.2) is 0 Å². The van der Waals surface area contributed by atoms with Gasteiger partial charge in [0.1, 0.15) is 18.0 Å². The van der Waals surface area contributed by atoms with Gasteiger partial charge in [-0.15, -0.1) is 0 Å². The van der Waals surface area contributed by atoms with Crippen LogP contribution in [0.3, 0.4) is 0 Å². The van der Waals surface area contributed by atoms with Gasteiger partial charge in [-0.3, -0.25) is 10.1 Å². The Bertz CT molecular complexity index is 811. The number of nitrogens with one attached hydrogen (secondary N) is 1. The molecule has 1 N–H and O–H groups in total. The molecule has 0 unspecified atom stereocenters. The lowest BCUT2D eigenvalue weighted by molar-refractivity contribution is -0.383. The summed E-state index contributed by atoms with van der Waals surface area (Å²) in [4.78, 5) is 23.0. The van der Waals surface area contributed by atoms with Crippen LogP contribution in [-0.2, 0) is 0 Å². The number of hydrogen-bond acceptors (Lipinski definition) is 7. The predicted octanol–water partition coefficient (Wildman–Crippen LogP) is 2.55. The molecule has 10 heteroatoms. The molecule has 3 rings (SSSR count). The van der Waals surface area contributed by atoms with E-state index in [-0.39, 0.29) is 23.0 Å². The number of likely N-dealkylation sites (N-methyl/N-ethyl adjacent to an activating group) is 1. The van der Waals surface area contributed by atoms with Crippen molar-refractivity contribution in [2.24, 2.45) is 0 Å². The fraction of sp³-hybridized carbons (Fsp3) is 0.375. The monoisotopic (exact) mass is 364 g/mol. The third kappa shape index (κ3) is 3.69. The number of nitrogens with zero attached hydrogens (tertiary/aromatic N) is 5. The van der Waals surface area contributed by atoms with Gasteiger partial charge in [0, 0.05) is 32.2 Å². The number of halogens is 2. The number of hydrogen-bond donors (Lipinski definition) is 1. The van der Waals surface area contributed by atoms with Gasteiger partial charge in [-0.05, 0) is 18.7 Å². The van der Waals surface area contributed by atoms with Crippen molar-refractivity contribution >= 4 is 23.0 Å². The molecule has 1 saturated heterocycles. The smallest absolute Gasteiger partial charge is 0.348 e. The molecule has 1 aromatic heterocycles. The molecule has 2 aromatic rings. The molecule has 1 aromatic carbocycles. The Balaban J connectivity index is 1.94. The first kappa shape index (κ1) is 17.9. The van der Waals surface area contributed by atoms with Crippen molar-refractivity contribution in [2.75, 3.05) is 42.9 Å². The Labute approximate surface area is 148 Å². The van der Waals surface area contributed by atoms with Crippen molar-refractivity contribution in [1.82, 2.24) is 14.9 Å². The second kappa shape index (κ2) is 7.56. The maximum Gasteiger partial charge on any atom is 0.353 e. The summed E-state index contributed by atoms with van der Waals surface area (Å²) in [7, 11) is 0. The Kier molecular flexibility index (Phi) is 5.21. The van der Waals surface area contributed by atoms with Crippen molar-refractivity contribution in [3.63, 3.8) is 0 Å². The average Bonchev–Trinajstić information content (AvgIpc) is 2.64. The van der Waals surface area contributed by atoms with E-state index < -0.39 is 16.6 Å². The van der Waals surface area contributed by atoms with Crippen LogP contribution in [0.4, 0.5) is 31.8 Å². The van der Waals surface area contributed by atoms with Crippen LogP contribution in [0, 0.1) is 21.7 Å². The Morgan fingerprint density at radius 1 is 1.23 bits per heavy atom. The third-order valence-electron chi connectivity index (χ3n) is 4.29. The maximum atomic E-state index is 13.9. The van der Waals surface area contributed by atoms with E-state index in [9.17, 15) is 18.9 Å². The van der Waals surface area contributed by atoms with Crippen LogP contribution >= 0.6 is 0 Å². The van der Waals surface area contributed by atoms with E-state index in [1.54, 1.807) is 4.90 Å². The Morgan fingerprint density at radius 3 is 2.62 bits per heavy atom. The first-order valence-corrected chi connectivity index (χ1v) is 8.18. The molecule has 0 bridgehead atoms. The summed E-state index contributed by atoms with van der Waals surface area (Å²) in [5.41, 5.74) is -0.588. The Hall–Kier alpha value is -2.88. The highest BCUT2D eigenvalue weighted by Gasteiger charge is 2.29. The van der Waals surface area contributed by atoms with E-state index >= 15 is 0 Å². The summed E-state index contributed by atoms with van der Waals surface area (Å²) in [6.45, 7) is 5.65. The fourth-order valence-corrected chi connectivity index (χ4v) is 2.86. The largest absolute Gasteiger partial charge is 0.353 e. The normalized spacial score (nSPS) is 15.1. The molecule has 0 atom stereocenters. The number of benzene rings is 1. The summed E-state index contributed by atoms with van der Waals surface area (Å²) in [6.07, 6.45) is 1.17. The lowest BCUT2D eigenvalue weighted by Gasteiger charge is -2.34. The molecule has 8 nitrogen and oxygen atoms in total. The minimum atomic E-state index is -0.738. The van der Waals surface area contributed by atoms with E-state index in [0.717, 1.165) is 37.8 Å². The van der Waals surface area contributed by atoms with Crippen LogP contribution in [0.25, 0.3) is 0 Å². The first-order chi connectivity index (χ1) is 12.5. The predicted molar refractivity (Wildman–Crippen MR) is 92.7 cm³/mol. The lowest BCUT2D eigenvalue weighted by Crippen LogP contribution is -2.46. The zero-order valence-corrected chi connectivity index (χ0v) is 14.2. The number of rotatable bonds is 5. The van der Waals surface area contributed by atoms with Gasteiger partial charge in [0.05, 0.1) is 10.6 Å². The van der Waals surface area contributed by atoms with Crippen molar-refractivity contribution < 1.29 is 13.7 Å². The highest BCUT2D eigenvalue weighted by Crippen LogP contribution is 2.34. The molecule has 26 heavy (non-hydrogen) atoms. The van der Waals surface area contributed by atoms with Crippen molar-refractivity contribution in [2.45, 2.75) is 6.92 Å². The van der Waals surface area contributed by atoms with Crippen LogP contribution in [-0.4, -0.2) is 52.5 Å². The van der Waals surface area contributed by atoms with Crippen LogP contribution in [0.2, 0.25) is 0 Å². The van der Waals surface area contributed by atoms with Crippen LogP contribution in [0.5, 0.6) is 0 Å². The van der Waals surface area contributed by atoms with Crippen LogP contribution in [0.1, 0.15) is 6.92 Å². The number of piperazine rings is 1. The average molecular weight is 364 g/mol. The SMILES string of the molecule is CCN1CCN(c2ncnc(Nc3cc(F)ccc3F)c2[N+](=O)[O-])CC1. The number of anilines is 3. The minimum absolute atomic E-state index is 0.167. The topological polar surface area (TPSA) is 87.4 Å². The summed E-state index contributed by atoms with van der Waals surface area (Å²) >= 11 is 0. The highest BCUT2D eigenvalue weighted by atomic mass is 19.1. The molecular weight excluding hydrogens is 346 g/mol. The molecule has 0 aliphatic carbocycles. The van der Waals surface area contributed by atoms with E-state index in [1.165, 1.54) is 6.33 Å². The molecule has 138 valence electrons. The first-order valence-electron chi connectivity index (χ1n) is 8.18. The van der Waals surface area contributed by atoms with Gasteiger partial charge < -0.3 is 15.1 Å². The van der Waals surface area contributed by atoms with E-state index in [4.69, 9.17) is 0 Å². The molecule has 1 aliphatic heterocycles. The summed E-state index contributed by atoms with van der Waals surface area (Å²) in [6, 6.07) is 2.82. The zero-order valence-electron chi connectivity index (χ0n) is 14.2. The quantitative estimate of drug-likeness (QED) is 0.644. The molecular formula is C16H18F2N6O2. The minimum Gasteiger partial charge on any atom is -0.348 e. The molecule has 2 heterocycles. The van der Waals surface area contributed by atoms with Gasteiger partial charge in [0.2, 0.25) is 11.6 Å². The van der Waals surface area contributed by atoms with E-state index in [1.807, 2.05) is 0 Å². The zero-order chi connectivity index (χ0) is 18.7. The summed E-state index contributed by atoms with van der Waals surface area (Å²) in [5, 5.41) is 14.1. The van der Waals surface area contributed by atoms with Crippen molar-refractivity contribution in [1.29, 1.82) is 0 Å². The van der Waals surface area contributed by atoms with Crippen LogP contribution in [0.15, 0.2) is 24.5 Å². The summed E-state index contributed by atoms with van der Waals surface area (Å²) < 4.78 is 27.2. The third-order valence-corrected chi connectivity index (χ3v) is 4.29. The van der Waals surface area contributed by atoms with Crippen LogP contribution < -0.4 is 10.2 Å². The number of nitro groups is 1. The van der Waals surface area contributed by atoms with Gasteiger partial charge in [-0.2, -0.15) is 0 Å². The van der Waals surface area contributed by atoms with Gasteiger partial charge in [0.25, 0.3) is 0 Å². The maximum absolute atomic E-state index is 13.9. The fourth-order valence-electron chi connectivity index (χ4n) is 2.86. The molecule has 0 radical (unpaired) electrons. The second-order valence-corrected chi connectivity index (χ2v) is 5.82. The van der Waals surface area contributed by atoms with Gasteiger partial charge in [-0.1, -0.05) is 6.92 Å². The molecule has 0 saturated carbocycles. The van der Waals surface area contributed by atoms with E-state index in [2.05, 4.69) is 27.1 Å². The van der Waals surface area contributed by atoms with Crippen molar-refractivity contribution in [3.05, 3.63) is 46.3 Å². The van der Waals surface area contributed by atoms with E-state index in [0.29, 0.717) is 13.1 Å². The summed E-state index contributed by atoms with van der Waals surface area (Å²) in [5.74, 6) is -1.42. The molecule has 0 spiro atoms. The standard InChI is InChI=1S/C16H18F2N6O2/c1-2-22-5-7-23(8-6-22)16-14(24(25)26)15(19-10-20-16)21-13-9-11(17)3-4-12(13)18/h3-4,9-10H,2,5-8H2,1H3,(H,19,20,21). The highest BCUT2D eigenvalue weighted by molar-refractivity contribution is 5.74. The van der Waals surface area contributed by atoms with Crippen molar-refractivity contribution in [3.8, 4) is 0 Å². The molecule has 1 fully saturated rings. The van der Waals surface area contributed by atoms with Gasteiger partial charge in [-0.25, -0.2) is 18.7 Å². The Morgan fingerprint density at radius 2 is 1.96 bits per heavy atom.